The van der Waals surface area contributed by atoms with Gasteiger partial charge in [-0.15, -0.1) is 11.6 Å². The molecular weight excluding hydrogens is 328 g/mol. The number of halogens is 1. The van der Waals surface area contributed by atoms with E-state index in [2.05, 4.69) is 6.92 Å². The van der Waals surface area contributed by atoms with E-state index in [4.69, 9.17) is 16.7 Å². The Labute approximate surface area is 152 Å². The van der Waals surface area contributed by atoms with Crippen molar-refractivity contribution in [2.75, 3.05) is 0 Å². The molecule has 0 saturated heterocycles. The first-order chi connectivity index (χ1) is 11.3. The molecule has 2 N–H and O–H groups in total. The molecule has 0 aliphatic rings. The van der Waals surface area contributed by atoms with Crippen LogP contribution in [0, 0.1) is 0 Å². The zero-order valence-corrected chi connectivity index (χ0v) is 16.1. The molecule has 0 heterocycles. The lowest BCUT2D eigenvalue weighted by molar-refractivity contribution is -0.137. The van der Waals surface area contributed by atoms with E-state index in [-0.39, 0.29) is 18.3 Å². The van der Waals surface area contributed by atoms with Crippen molar-refractivity contribution in [3.63, 3.8) is 0 Å². The van der Waals surface area contributed by atoms with Gasteiger partial charge in [-0.1, -0.05) is 45.4 Å². The van der Waals surface area contributed by atoms with Crippen LogP contribution in [0.15, 0.2) is 0 Å². The topological polar surface area (TPSA) is 74.6 Å². The fraction of sp³-hybridized carbons (Fsp3) is 0.895. The number of carboxylic acid groups (broad SMARTS) is 1. The SMILES string of the molecule is CCCCC[C@H](O)CCCC(Cl)(CCCCCCC(=O)O)C(C)=O. The lowest BCUT2D eigenvalue weighted by Gasteiger charge is -2.24. The summed E-state index contributed by atoms with van der Waals surface area (Å²) in [6, 6.07) is 0. The van der Waals surface area contributed by atoms with Gasteiger partial charge in [-0.3, -0.25) is 9.59 Å². The van der Waals surface area contributed by atoms with Gasteiger partial charge in [0.1, 0.15) is 4.87 Å². The molecule has 5 heteroatoms. The maximum Gasteiger partial charge on any atom is 0.303 e. The molecular formula is C19H35ClO4. The fourth-order valence-electron chi connectivity index (χ4n) is 2.90. The number of ketones is 1. The minimum absolute atomic E-state index is 0.00447. The van der Waals surface area contributed by atoms with E-state index in [1.165, 1.54) is 6.92 Å². The van der Waals surface area contributed by atoms with E-state index < -0.39 is 10.8 Å². The number of rotatable bonds is 16. The third-order valence-corrected chi connectivity index (χ3v) is 5.24. The minimum Gasteiger partial charge on any atom is -0.481 e. The fourth-order valence-corrected chi connectivity index (χ4v) is 3.17. The molecule has 142 valence electrons. The van der Waals surface area contributed by atoms with Crippen LogP contribution in [-0.4, -0.2) is 32.9 Å². The van der Waals surface area contributed by atoms with E-state index in [1.54, 1.807) is 0 Å². The molecule has 0 spiro atoms. The average molecular weight is 363 g/mol. The van der Waals surface area contributed by atoms with Crippen molar-refractivity contribution in [3.05, 3.63) is 0 Å². The number of hydrogen-bond donors (Lipinski definition) is 2. The van der Waals surface area contributed by atoms with Gasteiger partial charge in [0.05, 0.1) is 6.10 Å². The number of aliphatic carboxylic acids is 1. The van der Waals surface area contributed by atoms with Crippen molar-refractivity contribution in [3.8, 4) is 0 Å². The standard InChI is InChI=1S/C19H35ClO4/c1-3-4-7-11-17(22)12-10-15-19(20,16(2)21)14-9-6-5-8-13-18(23)24/h17,22H,3-15H2,1-2H3,(H,23,24)/t17-,19?/m0/s1. The number of alkyl halides is 1. The van der Waals surface area contributed by atoms with Crippen LogP contribution in [0.25, 0.3) is 0 Å². The van der Waals surface area contributed by atoms with Gasteiger partial charge in [-0.2, -0.15) is 0 Å². The summed E-state index contributed by atoms with van der Waals surface area (Å²) in [5.41, 5.74) is 0. The second-order valence-electron chi connectivity index (χ2n) is 6.87. The van der Waals surface area contributed by atoms with E-state index >= 15 is 0 Å². The molecule has 0 aliphatic heterocycles. The molecule has 24 heavy (non-hydrogen) atoms. The first-order valence-electron chi connectivity index (χ1n) is 9.41. The number of carbonyl (C=O) groups excluding carboxylic acids is 1. The van der Waals surface area contributed by atoms with Gasteiger partial charge in [0.25, 0.3) is 0 Å². The van der Waals surface area contributed by atoms with Crippen molar-refractivity contribution in [2.45, 2.75) is 108 Å². The number of carbonyl (C=O) groups is 2. The Morgan fingerprint density at radius 2 is 1.54 bits per heavy atom. The summed E-state index contributed by atoms with van der Waals surface area (Å²) in [5, 5.41) is 18.5. The van der Waals surface area contributed by atoms with Crippen molar-refractivity contribution in [1.82, 2.24) is 0 Å². The molecule has 0 radical (unpaired) electrons. The first kappa shape index (κ1) is 23.4. The van der Waals surface area contributed by atoms with Gasteiger partial charge in [-0.05, 0) is 45.4 Å². The Morgan fingerprint density at radius 1 is 0.958 bits per heavy atom. The monoisotopic (exact) mass is 362 g/mol. The van der Waals surface area contributed by atoms with Gasteiger partial charge in [-0.25, -0.2) is 0 Å². The highest BCUT2D eigenvalue weighted by molar-refractivity contribution is 6.34. The molecule has 2 atom stereocenters. The molecule has 0 rings (SSSR count). The van der Waals surface area contributed by atoms with Crippen LogP contribution in [0.1, 0.15) is 97.3 Å². The molecule has 0 saturated carbocycles. The zero-order valence-electron chi connectivity index (χ0n) is 15.4. The lowest BCUT2D eigenvalue weighted by atomic mass is 9.90. The Bertz CT molecular complexity index is 359. The second-order valence-corrected chi connectivity index (χ2v) is 7.59. The predicted molar refractivity (Wildman–Crippen MR) is 98.6 cm³/mol. The molecule has 0 aromatic carbocycles. The van der Waals surface area contributed by atoms with Crippen LogP contribution < -0.4 is 0 Å². The van der Waals surface area contributed by atoms with Crippen LogP contribution in [0.2, 0.25) is 0 Å². The quantitative estimate of drug-likeness (QED) is 0.296. The molecule has 0 fully saturated rings. The van der Waals surface area contributed by atoms with Crippen LogP contribution in [-0.2, 0) is 9.59 Å². The molecule has 0 amide bonds. The van der Waals surface area contributed by atoms with Crippen LogP contribution in [0.5, 0.6) is 0 Å². The maximum atomic E-state index is 11.9. The minimum atomic E-state index is -0.823. The molecule has 0 aromatic rings. The summed E-state index contributed by atoms with van der Waals surface area (Å²) in [4.78, 5) is 21.5. The smallest absolute Gasteiger partial charge is 0.303 e. The summed E-state index contributed by atoms with van der Waals surface area (Å²) in [6.07, 6.45) is 10.0. The van der Waals surface area contributed by atoms with Gasteiger partial charge in [0.15, 0.2) is 5.78 Å². The molecule has 0 aliphatic carbocycles. The van der Waals surface area contributed by atoms with Crippen LogP contribution in [0.4, 0.5) is 0 Å². The molecule has 1 unspecified atom stereocenters. The zero-order chi connectivity index (χ0) is 18.4. The van der Waals surface area contributed by atoms with E-state index in [1.807, 2.05) is 0 Å². The van der Waals surface area contributed by atoms with Crippen molar-refractivity contribution in [2.24, 2.45) is 0 Å². The Hall–Kier alpha value is -0.610. The number of carboxylic acids is 1. The highest BCUT2D eigenvalue weighted by Crippen LogP contribution is 2.31. The Morgan fingerprint density at radius 3 is 2.12 bits per heavy atom. The Kier molecular flexibility index (Phi) is 13.3. The van der Waals surface area contributed by atoms with Gasteiger partial charge >= 0.3 is 5.97 Å². The summed E-state index contributed by atoms with van der Waals surface area (Å²) in [6.45, 7) is 3.68. The lowest BCUT2D eigenvalue weighted by Crippen LogP contribution is -2.30. The van der Waals surface area contributed by atoms with Crippen molar-refractivity contribution in [1.29, 1.82) is 0 Å². The van der Waals surface area contributed by atoms with E-state index in [9.17, 15) is 14.7 Å². The third-order valence-electron chi connectivity index (χ3n) is 4.60. The number of hydrogen-bond acceptors (Lipinski definition) is 3. The van der Waals surface area contributed by atoms with Crippen LogP contribution in [0.3, 0.4) is 0 Å². The molecule has 0 aromatic heterocycles. The van der Waals surface area contributed by atoms with E-state index in [0.717, 1.165) is 51.4 Å². The number of Topliss-reactive ketones (excluding diaryl/α,β-unsaturated/α-hetero) is 1. The van der Waals surface area contributed by atoms with Gasteiger partial charge in [0.2, 0.25) is 0 Å². The van der Waals surface area contributed by atoms with Crippen LogP contribution >= 0.6 is 11.6 Å². The molecule has 0 bridgehead atoms. The number of aliphatic hydroxyl groups excluding tert-OH is 1. The summed E-state index contributed by atoms with van der Waals surface area (Å²) >= 11 is 6.52. The molecule has 4 nitrogen and oxygen atoms in total. The van der Waals surface area contributed by atoms with Crippen molar-refractivity contribution < 1.29 is 19.8 Å². The number of unbranched alkanes of at least 4 members (excludes halogenated alkanes) is 5. The Balaban J connectivity index is 3.99. The van der Waals surface area contributed by atoms with Gasteiger partial charge in [0, 0.05) is 6.42 Å². The predicted octanol–water partition coefficient (Wildman–Crippen LogP) is 5.09. The maximum absolute atomic E-state index is 11.9. The highest BCUT2D eigenvalue weighted by Gasteiger charge is 2.31. The third kappa shape index (κ3) is 11.9. The van der Waals surface area contributed by atoms with Crippen molar-refractivity contribution >= 4 is 23.4 Å². The summed E-state index contributed by atoms with van der Waals surface area (Å²) in [5.74, 6) is -0.766. The highest BCUT2D eigenvalue weighted by atomic mass is 35.5. The van der Waals surface area contributed by atoms with Gasteiger partial charge < -0.3 is 10.2 Å². The summed E-state index contributed by atoms with van der Waals surface area (Å²) < 4.78 is 0. The average Bonchev–Trinajstić information content (AvgIpc) is 2.50. The summed E-state index contributed by atoms with van der Waals surface area (Å²) in [7, 11) is 0. The number of aliphatic hydroxyl groups is 1. The normalized spacial score (nSPS) is 15.0. The van der Waals surface area contributed by atoms with E-state index in [0.29, 0.717) is 25.7 Å². The first-order valence-corrected chi connectivity index (χ1v) is 9.79. The largest absolute Gasteiger partial charge is 0.481 e. The second kappa shape index (κ2) is 13.7.